The van der Waals surface area contributed by atoms with Gasteiger partial charge in [0.15, 0.2) is 0 Å². The molecule has 0 saturated heterocycles. The molecule has 0 bridgehead atoms. The quantitative estimate of drug-likeness (QED) is 0.610. The van der Waals surface area contributed by atoms with Crippen molar-refractivity contribution in [2.45, 2.75) is 25.9 Å². The van der Waals surface area contributed by atoms with Crippen LogP contribution >= 0.6 is 0 Å². The molecule has 1 atom stereocenters. The van der Waals surface area contributed by atoms with Crippen molar-refractivity contribution < 1.29 is 0 Å². The molecule has 0 saturated carbocycles. The molecule has 0 aliphatic carbocycles. The fourth-order valence-electron chi connectivity index (χ4n) is 2.19. The van der Waals surface area contributed by atoms with Gasteiger partial charge in [-0.2, -0.15) is 5.10 Å². The van der Waals surface area contributed by atoms with Gasteiger partial charge in [0, 0.05) is 32.7 Å². The summed E-state index contributed by atoms with van der Waals surface area (Å²) in [5.41, 5.74) is 5.17. The van der Waals surface area contributed by atoms with Crippen LogP contribution in [0.3, 0.4) is 0 Å². The number of nitrogens with zero attached hydrogens (tertiary/aromatic N) is 4. The maximum atomic E-state index is 5.72. The monoisotopic (exact) mass is 274 g/mol. The zero-order chi connectivity index (χ0) is 14.5. The average Bonchev–Trinajstić information content (AvgIpc) is 2.92. The van der Waals surface area contributed by atoms with Crippen molar-refractivity contribution >= 4 is 5.69 Å². The van der Waals surface area contributed by atoms with Crippen molar-refractivity contribution in [1.82, 2.24) is 20.2 Å². The summed E-state index contributed by atoms with van der Waals surface area (Å²) >= 11 is 0. The van der Waals surface area contributed by atoms with E-state index in [1.807, 2.05) is 24.8 Å². The molecule has 1 heterocycles. The van der Waals surface area contributed by atoms with Gasteiger partial charge in [0.2, 0.25) is 0 Å². The van der Waals surface area contributed by atoms with Crippen LogP contribution in [0.25, 0.3) is 0 Å². The van der Waals surface area contributed by atoms with Crippen LogP contribution in [-0.4, -0.2) is 28.9 Å². The molecule has 0 amide bonds. The molecule has 6 heteroatoms. The van der Waals surface area contributed by atoms with Crippen molar-refractivity contribution in [3.8, 4) is 0 Å². The number of benzene rings is 1. The molecule has 0 aliphatic heterocycles. The standard InChI is InChI=1S/C14H22N6/c1-4-20-14(16-10-17-20)9-13(18-15)11-6-5-7-12(8-11)19(2)3/h5-8,10,13,18H,4,9,15H2,1-3H3. The molecule has 1 aromatic carbocycles. The van der Waals surface area contributed by atoms with Crippen LogP contribution in [0, 0.1) is 0 Å². The van der Waals surface area contributed by atoms with E-state index in [1.54, 1.807) is 6.33 Å². The lowest BCUT2D eigenvalue weighted by molar-refractivity contribution is 0.510. The lowest BCUT2D eigenvalue weighted by atomic mass is 10.0. The Labute approximate surface area is 119 Å². The molecule has 2 rings (SSSR count). The van der Waals surface area contributed by atoms with Crippen molar-refractivity contribution in [2.75, 3.05) is 19.0 Å². The van der Waals surface area contributed by atoms with Crippen molar-refractivity contribution in [2.24, 2.45) is 5.84 Å². The van der Waals surface area contributed by atoms with E-state index in [9.17, 15) is 0 Å². The van der Waals surface area contributed by atoms with E-state index in [-0.39, 0.29) is 6.04 Å². The number of hydrogen-bond acceptors (Lipinski definition) is 5. The summed E-state index contributed by atoms with van der Waals surface area (Å²) in [6.45, 7) is 2.86. The first-order valence-electron chi connectivity index (χ1n) is 6.75. The average molecular weight is 274 g/mol. The van der Waals surface area contributed by atoms with Gasteiger partial charge >= 0.3 is 0 Å². The number of aromatic nitrogens is 3. The van der Waals surface area contributed by atoms with Crippen LogP contribution in [0.4, 0.5) is 5.69 Å². The van der Waals surface area contributed by atoms with Gasteiger partial charge in [-0.3, -0.25) is 16.0 Å². The summed E-state index contributed by atoms with van der Waals surface area (Å²) in [6.07, 6.45) is 2.30. The molecule has 1 aromatic heterocycles. The first-order chi connectivity index (χ1) is 9.65. The Hall–Kier alpha value is -1.92. The minimum atomic E-state index is 0.0180. The predicted molar refractivity (Wildman–Crippen MR) is 80.2 cm³/mol. The zero-order valence-corrected chi connectivity index (χ0v) is 12.2. The third-order valence-corrected chi connectivity index (χ3v) is 3.37. The summed E-state index contributed by atoms with van der Waals surface area (Å²) in [6, 6.07) is 8.34. The van der Waals surface area contributed by atoms with E-state index in [0.29, 0.717) is 6.42 Å². The Morgan fingerprint density at radius 1 is 1.40 bits per heavy atom. The van der Waals surface area contributed by atoms with E-state index in [4.69, 9.17) is 5.84 Å². The third kappa shape index (κ3) is 3.15. The number of nitrogens with two attached hydrogens (primary N) is 1. The van der Waals surface area contributed by atoms with Gasteiger partial charge in [-0.1, -0.05) is 12.1 Å². The Balaban J connectivity index is 2.22. The second-order valence-corrected chi connectivity index (χ2v) is 4.90. The molecule has 6 nitrogen and oxygen atoms in total. The van der Waals surface area contributed by atoms with Gasteiger partial charge in [-0.05, 0) is 24.6 Å². The molecule has 0 spiro atoms. The number of anilines is 1. The summed E-state index contributed by atoms with van der Waals surface area (Å²) in [4.78, 5) is 6.38. The van der Waals surface area contributed by atoms with Crippen LogP contribution in [-0.2, 0) is 13.0 Å². The molecular formula is C14H22N6. The van der Waals surface area contributed by atoms with Crippen molar-refractivity contribution in [1.29, 1.82) is 0 Å². The molecule has 0 aliphatic rings. The van der Waals surface area contributed by atoms with E-state index in [0.717, 1.165) is 23.6 Å². The Kier molecular flexibility index (Phi) is 4.70. The minimum absolute atomic E-state index is 0.0180. The topological polar surface area (TPSA) is 72.0 Å². The number of hydrazine groups is 1. The highest BCUT2D eigenvalue weighted by atomic mass is 15.3. The van der Waals surface area contributed by atoms with E-state index < -0.39 is 0 Å². The maximum absolute atomic E-state index is 5.72. The highest BCUT2D eigenvalue weighted by Crippen LogP contribution is 2.21. The van der Waals surface area contributed by atoms with E-state index >= 15 is 0 Å². The summed E-state index contributed by atoms with van der Waals surface area (Å²) in [5.74, 6) is 6.65. The molecule has 0 radical (unpaired) electrons. The second-order valence-electron chi connectivity index (χ2n) is 4.90. The Morgan fingerprint density at radius 2 is 2.20 bits per heavy atom. The number of rotatable bonds is 6. The normalized spacial score (nSPS) is 12.4. The Morgan fingerprint density at radius 3 is 2.85 bits per heavy atom. The van der Waals surface area contributed by atoms with Gasteiger partial charge in [-0.25, -0.2) is 4.98 Å². The highest BCUT2D eigenvalue weighted by molar-refractivity contribution is 5.47. The summed E-state index contributed by atoms with van der Waals surface area (Å²) in [5, 5.41) is 4.19. The molecule has 20 heavy (non-hydrogen) atoms. The highest BCUT2D eigenvalue weighted by Gasteiger charge is 2.15. The molecular weight excluding hydrogens is 252 g/mol. The van der Waals surface area contributed by atoms with Gasteiger partial charge in [0.25, 0.3) is 0 Å². The van der Waals surface area contributed by atoms with Crippen LogP contribution in [0.1, 0.15) is 24.4 Å². The van der Waals surface area contributed by atoms with Crippen LogP contribution < -0.4 is 16.2 Å². The Bertz CT molecular complexity index is 548. The lowest BCUT2D eigenvalue weighted by Gasteiger charge is -2.19. The van der Waals surface area contributed by atoms with Gasteiger partial charge < -0.3 is 4.90 Å². The van der Waals surface area contributed by atoms with Gasteiger partial charge in [0.05, 0.1) is 6.04 Å². The largest absolute Gasteiger partial charge is 0.378 e. The molecule has 108 valence electrons. The second kappa shape index (κ2) is 6.49. The number of aryl methyl sites for hydroxylation is 1. The molecule has 3 N–H and O–H groups in total. The van der Waals surface area contributed by atoms with Crippen LogP contribution in [0.5, 0.6) is 0 Å². The lowest BCUT2D eigenvalue weighted by Crippen LogP contribution is -2.30. The van der Waals surface area contributed by atoms with E-state index in [2.05, 4.69) is 45.5 Å². The molecule has 1 unspecified atom stereocenters. The number of hydrogen-bond donors (Lipinski definition) is 2. The molecule has 2 aromatic rings. The third-order valence-electron chi connectivity index (χ3n) is 3.37. The fourth-order valence-corrected chi connectivity index (χ4v) is 2.19. The van der Waals surface area contributed by atoms with Crippen molar-refractivity contribution in [3.63, 3.8) is 0 Å². The van der Waals surface area contributed by atoms with Crippen LogP contribution in [0.15, 0.2) is 30.6 Å². The maximum Gasteiger partial charge on any atom is 0.138 e. The summed E-state index contributed by atoms with van der Waals surface area (Å²) in [7, 11) is 4.05. The fraction of sp³-hybridized carbons (Fsp3) is 0.429. The number of nitrogens with one attached hydrogen (secondary N) is 1. The minimum Gasteiger partial charge on any atom is -0.378 e. The first kappa shape index (κ1) is 14.5. The SMILES string of the molecule is CCn1ncnc1CC(NN)c1cccc(N(C)C)c1. The zero-order valence-electron chi connectivity index (χ0n) is 12.2. The molecule has 0 fully saturated rings. The summed E-state index contributed by atoms with van der Waals surface area (Å²) < 4.78 is 1.89. The van der Waals surface area contributed by atoms with Crippen LogP contribution in [0.2, 0.25) is 0 Å². The predicted octanol–water partition coefficient (Wildman–Crippen LogP) is 1.11. The smallest absolute Gasteiger partial charge is 0.138 e. The van der Waals surface area contributed by atoms with Crippen molar-refractivity contribution in [3.05, 3.63) is 42.0 Å². The van der Waals surface area contributed by atoms with Gasteiger partial charge in [0.1, 0.15) is 12.2 Å². The van der Waals surface area contributed by atoms with Gasteiger partial charge in [-0.15, -0.1) is 0 Å². The van der Waals surface area contributed by atoms with E-state index in [1.165, 1.54) is 0 Å². The first-order valence-corrected chi connectivity index (χ1v) is 6.75.